The average molecular weight is 194 g/mol. The van der Waals surface area contributed by atoms with E-state index in [1.807, 2.05) is 11.0 Å². The first-order valence-corrected chi connectivity index (χ1v) is 4.77. The van der Waals surface area contributed by atoms with Crippen molar-refractivity contribution >= 4 is 12.1 Å². The second-order valence-electron chi connectivity index (χ2n) is 3.47. The minimum Gasteiger partial charge on any atom is -0.384 e. The largest absolute Gasteiger partial charge is 0.384 e. The zero-order valence-electron chi connectivity index (χ0n) is 7.94. The van der Waals surface area contributed by atoms with Crippen LogP contribution < -0.4 is 11.1 Å². The fourth-order valence-electron chi connectivity index (χ4n) is 1.71. The fraction of sp³-hybridized carbons (Fsp3) is 0.556. The van der Waals surface area contributed by atoms with Crippen LogP contribution in [0.5, 0.6) is 0 Å². The van der Waals surface area contributed by atoms with E-state index in [1.165, 1.54) is 0 Å². The number of hydrogen-bond acceptors (Lipinski definition) is 4. The molecule has 0 radical (unpaired) electrons. The Bertz CT molecular complexity index is 297. The van der Waals surface area contributed by atoms with Gasteiger partial charge in [0.05, 0.1) is 12.6 Å². The molecular weight excluding hydrogens is 180 g/mol. The molecule has 0 aliphatic carbocycles. The van der Waals surface area contributed by atoms with Gasteiger partial charge in [0, 0.05) is 19.3 Å². The molecule has 2 heterocycles. The molecule has 0 saturated carbocycles. The Morgan fingerprint density at radius 1 is 1.64 bits per heavy atom. The van der Waals surface area contributed by atoms with Crippen LogP contribution in [-0.4, -0.2) is 42.7 Å². The first kappa shape index (κ1) is 9.21. The molecule has 1 saturated heterocycles. The fourth-order valence-corrected chi connectivity index (χ4v) is 1.71. The maximum absolute atomic E-state index is 11.5. The van der Waals surface area contributed by atoms with Crippen LogP contribution in [0, 0.1) is 0 Å². The quantitative estimate of drug-likeness (QED) is 0.566. The van der Waals surface area contributed by atoms with Gasteiger partial charge in [0.1, 0.15) is 5.82 Å². The van der Waals surface area contributed by atoms with Crippen molar-refractivity contribution in [1.82, 2.24) is 10.2 Å². The molecule has 1 atom stereocenters. The molecule has 0 spiro atoms. The molecule has 76 valence electrons. The Hall–Kier alpha value is -1.36. The maximum Gasteiger partial charge on any atom is 0.237 e. The summed E-state index contributed by atoms with van der Waals surface area (Å²) < 4.78 is 0. The number of aliphatic imine (C=N–C) groups is 1. The highest BCUT2D eigenvalue weighted by Crippen LogP contribution is 2.10. The zero-order chi connectivity index (χ0) is 9.97. The molecule has 2 aliphatic rings. The van der Waals surface area contributed by atoms with Crippen molar-refractivity contribution in [2.45, 2.75) is 12.5 Å². The second-order valence-corrected chi connectivity index (χ2v) is 3.47. The number of carbonyl (C=O) groups is 1. The molecule has 0 aromatic heterocycles. The third kappa shape index (κ3) is 1.77. The molecule has 1 unspecified atom stereocenters. The van der Waals surface area contributed by atoms with E-state index in [4.69, 9.17) is 5.73 Å². The Morgan fingerprint density at radius 2 is 2.50 bits per heavy atom. The van der Waals surface area contributed by atoms with Crippen LogP contribution in [0.3, 0.4) is 0 Å². The molecule has 14 heavy (non-hydrogen) atoms. The van der Waals surface area contributed by atoms with Gasteiger partial charge in [-0.1, -0.05) is 0 Å². The van der Waals surface area contributed by atoms with Crippen LogP contribution in [-0.2, 0) is 4.79 Å². The van der Waals surface area contributed by atoms with Gasteiger partial charge in [0.2, 0.25) is 5.91 Å². The van der Waals surface area contributed by atoms with E-state index >= 15 is 0 Å². The highest BCUT2D eigenvalue weighted by Gasteiger charge is 2.24. The predicted molar refractivity (Wildman–Crippen MR) is 53.8 cm³/mol. The smallest absolute Gasteiger partial charge is 0.237 e. The SMILES string of the molecule is NC1=CCC(N2CCNCC2=O)C=N1. The summed E-state index contributed by atoms with van der Waals surface area (Å²) in [5.74, 6) is 0.686. The summed E-state index contributed by atoms with van der Waals surface area (Å²) in [7, 11) is 0. The molecule has 5 nitrogen and oxygen atoms in total. The number of nitrogens with two attached hydrogens (primary N) is 1. The highest BCUT2D eigenvalue weighted by molar-refractivity contribution is 5.83. The topological polar surface area (TPSA) is 70.7 Å². The van der Waals surface area contributed by atoms with Gasteiger partial charge in [0.25, 0.3) is 0 Å². The third-order valence-corrected chi connectivity index (χ3v) is 2.49. The van der Waals surface area contributed by atoms with Crippen LogP contribution >= 0.6 is 0 Å². The van der Waals surface area contributed by atoms with Crippen LogP contribution in [0.25, 0.3) is 0 Å². The maximum atomic E-state index is 11.5. The Morgan fingerprint density at radius 3 is 3.14 bits per heavy atom. The minimum absolute atomic E-state index is 0.0944. The number of amides is 1. The lowest BCUT2D eigenvalue weighted by Gasteiger charge is -2.33. The molecule has 0 bridgehead atoms. The lowest BCUT2D eigenvalue weighted by molar-refractivity contribution is -0.132. The van der Waals surface area contributed by atoms with Crippen molar-refractivity contribution in [3.63, 3.8) is 0 Å². The summed E-state index contributed by atoms with van der Waals surface area (Å²) in [5, 5.41) is 3.04. The van der Waals surface area contributed by atoms with E-state index in [-0.39, 0.29) is 11.9 Å². The molecule has 1 fully saturated rings. The van der Waals surface area contributed by atoms with E-state index < -0.39 is 0 Å². The number of rotatable bonds is 1. The molecule has 5 heteroatoms. The van der Waals surface area contributed by atoms with Gasteiger partial charge >= 0.3 is 0 Å². The van der Waals surface area contributed by atoms with Gasteiger partial charge in [0.15, 0.2) is 0 Å². The standard InChI is InChI=1S/C9H14N4O/c10-8-2-1-7(5-12-8)13-4-3-11-6-9(13)14/h2,5,7,11H,1,3-4,6,10H2. The van der Waals surface area contributed by atoms with Crippen LogP contribution in [0.4, 0.5) is 0 Å². The Balaban J connectivity index is 2.02. The van der Waals surface area contributed by atoms with Crippen molar-refractivity contribution in [2.75, 3.05) is 19.6 Å². The van der Waals surface area contributed by atoms with Crippen LogP contribution in [0.1, 0.15) is 6.42 Å². The van der Waals surface area contributed by atoms with Crippen molar-refractivity contribution in [1.29, 1.82) is 0 Å². The summed E-state index contributed by atoms with van der Waals surface area (Å²) in [6, 6.07) is 0.0944. The average Bonchev–Trinajstić information content (AvgIpc) is 2.20. The third-order valence-electron chi connectivity index (χ3n) is 2.49. The summed E-state index contributed by atoms with van der Waals surface area (Å²) in [5.41, 5.74) is 5.51. The minimum atomic E-state index is 0.0944. The zero-order valence-corrected chi connectivity index (χ0v) is 7.94. The number of nitrogens with zero attached hydrogens (tertiary/aromatic N) is 2. The second kappa shape index (κ2) is 3.79. The van der Waals surface area contributed by atoms with Gasteiger partial charge < -0.3 is 16.0 Å². The van der Waals surface area contributed by atoms with Crippen LogP contribution in [0.2, 0.25) is 0 Å². The molecule has 2 aliphatic heterocycles. The van der Waals surface area contributed by atoms with Crippen molar-refractivity contribution in [3.05, 3.63) is 11.9 Å². The van der Waals surface area contributed by atoms with E-state index in [1.54, 1.807) is 6.21 Å². The predicted octanol–water partition coefficient (Wildman–Crippen LogP) is -0.939. The number of carbonyl (C=O) groups excluding carboxylic acids is 1. The number of nitrogens with one attached hydrogen (secondary N) is 1. The first-order valence-electron chi connectivity index (χ1n) is 4.77. The molecule has 1 amide bonds. The molecular formula is C9H14N4O. The van der Waals surface area contributed by atoms with E-state index in [9.17, 15) is 4.79 Å². The Labute approximate surface area is 82.7 Å². The van der Waals surface area contributed by atoms with E-state index in [0.717, 1.165) is 19.5 Å². The molecule has 0 aromatic rings. The molecule has 2 rings (SSSR count). The summed E-state index contributed by atoms with van der Waals surface area (Å²) >= 11 is 0. The summed E-state index contributed by atoms with van der Waals surface area (Å²) in [6.45, 7) is 2.04. The number of hydrogen-bond donors (Lipinski definition) is 2. The first-order chi connectivity index (χ1) is 6.77. The Kier molecular flexibility index (Phi) is 2.49. The van der Waals surface area contributed by atoms with Crippen molar-refractivity contribution < 1.29 is 4.79 Å². The summed E-state index contributed by atoms with van der Waals surface area (Å²) in [6.07, 6.45) is 4.40. The lowest BCUT2D eigenvalue weighted by Crippen LogP contribution is -2.53. The van der Waals surface area contributed by atoms with E-state index in [2.05, 4.69) is 10.3 Å². The monoisotopic (exact) mass is 194 g/mol. The van der Waals surface area contributed by atoms with Gasteiger partial charge in [-0.3, -0.25) is 4.79 Å². The molecule has 0 aromatic carbocycles. The van der Waals surface area contributed by atoms with Gasteiger partial charge in [-0.25, -0.2) is 4.99 Å². The van der Waals surface area contributed by atoms with Gasteiger partial charge in [-0.15, -0.1) is 0 Å². The van der Waals surface area contributed by atoms with Gasteiger partial charge in [-0.2, -0.15) is 0 Å². The van der Waals surface area contributed by atoms with Crippen molar-refractivity contribution in [3.8, 4) is 0 Å². The highest BCUT2D eigenvalue weighted by atomic mass is 16.2. The lowest BCUT2D eigenvalue weighted by atomic mass is 10.1. The summed E-state index contributed by atoms with van der Waals surface area (Å²) in [4.78, 5) is 17.4. The van der Waals surface area contributed by atoms with Crippen molar-refractivity contribution in [2.24, 2.45) is 10.7 Å². The van der Waals surface area contributed by atoms with E-state index in [0.29, 0.717) is 12.4 Å². The normalized spacial score (nSPS) is 27.7. The van der Waals surface area contributed by atoms with Gasteiger partial charge in [-0.05, 0) is 12.5 Å². The van der Waals surface area contributed by atoms with Crippen LogP contribution in [0.15, 0.2) is 16.9 Å². The number of piperazine rings is 1. The molecule has 3 N–H and O–H groups in total.